The quantitative estimate of drug-likeness (QED) is 0.780. The van der Waals surface area contributed by atoms with Crippen LogP contribution in [-0.4, -0.2) is 50.6 Å². The molecule has 8 nitrogen and oxygen atoms in total. The van der Waals surface area contributed by atoms with Crippen LogP contribution in [0, 0.1) is 18.8 Å². The van der Waals surface area contributed by atoms with E-state index in [1.165, 1.54) is 4.90 Å². The van der Waals surface area contributed by atoms with Gasteiger partial charge in [0.1, 0.15) is 5.82 Å². The Kier molecular flexibility index (Phi) is 4.57. The van der Waals surface area contributed by atoms with E-state index in [-0.39, 0.29) is 48.1 Å². The molecule has 1 aromatic rings. The Morgan fingerprint density at radius 2 is 1.81 bits per heavy atom. The van der Waals surface area contributed by atoms with Crippen LogP contribution in [0.5, 0.6) is 0 Å². The number of imide groups is 1. The highest BCUT2D eigenvalue weighted by Gasteiger charge is 2.47. The molecule has 144 valence electrons. The van der Waals surface area contributed by atoms with E-state index in [0.29, 0.717) is 36.6 Å². The molecule has 3 heterocycles. The lowest BCUT2D eigenvalue weighted by molar-refractivity contribution is -0.141. The first-order valence-corrected chi connectivity index (χ1v) is 9.67. The summed E-state index contributed by atoms with van der Waals surface area (Å²) in [7, 11) is 0. The molecule has 2 fully saturated rings. The van der Waals surface area contributed by atoms with Crippen molar-refractivity contribution in [1.82, 2.24) is 19.8 Å². The molecular formula is C19H24N4O4. The van der Waals surface area contributed by atoms with E-state index >= 15 is 0 Å². The number of nitrogens with one attached hydrogen (secondary N) is 1. The molecule has 0 radical (unpaired) electrons. The first kappa shape index (κ1) is 17.9. The summed E-state index contributed by atoms with van der Waals surface area (Å²) in [5.41, 5.74) is 1.13. The van der Waals surface area contributed by atoms with Crippen molar-refractivity contribution in [2.45, 2.75) is 52.0 Å². The Balaban J connectivity index is 1.39. The molecule has 8 heteroatoms. The molecule has 1 aliphatic carbocycles. The number of fused-ring (bicyclic) bond motifs is 2. The van der Waals surface area contributed by atoms with Gasteiger partial charge in [0.05, 0.1) is 24.1 Å². The summed E-state index contributed by atoms with van der Waals surface area (Å²) < 4.78 is 0. The summed E-state index contributed by atoms with van der Waals surface area (Å²) in [6, 6.07) is 0. The Hall–Kier alpha value is -2.51. The maximum atomic E-state index is 12.6. The predicted octanol–water partition coefficient (Wildman–Crippen LogP) is 0.528. The number of amides is 3. The lowest BCUT2D eigenvalue weighted by Crippen LogP contribution is -2.41. The van der Waals surface area contributed by atoms with Gasteiger partial charge in [0, 0.05) is 25.1 Å². The van der Waals surface area contributed by atoms with Crippen LogP contribution in [0.25, 0.3) is 0 Å². The number of hydrogen-bond donors (Lipinski definition) is 1. The summed E-state index contributed by atoms with van der Waals surface area (Å²) in [4.78, 5) is 59.6. The number of aromatic amines is 1. The van der Waals surface area contributed by atoms with Crippen LogP contribution >= 0.6 is 0 Å². The fraction of sp³-hybridized carbons (Fsp3) is 0.632. The fourth-order valence-electron chi connectivity index (χ4n) is 4.59. The van der Waals surface area contributed by atoms with E-state index < -0.39 is 0 Å². The van der Waals surface area contributed by atoms with E-state index in [4.69, 9.17) is 0 Å². The number of rotatable bonds is 3. The van der Waals surface area contributed by atoms with Crippen molar-refractivity contribution in [3.63, 3.8) is 0 Å². The molecule has 0 bridgehead atoms. The second kappa shape index (κ2) is 6.90. The number of likely N-dealkylation sites (tertiary alicyclic amines) is 1. The molecule has 0 spiro atoms. The van der Waals surface area contributed by atoms with Gasteiger partial charge in [-0.25, -0.2) is 4.98 Å². The minimum absolute atomic E-state index is 0.106. The fourth-order valence-corrected chi connectivity index (χ4v) is 4.59. The zero-order chi connectivity index (χ0) is 19.1. The van der Waals surface area contributed by atoms with Crippen LogP contribution in [0.4, 0.5) is 0 Å². The van der Waals surface area contributed by atoms with Gasteiger partial charge >= 0.3 is 0 Å². The summed E-state index contributed by atoms with van der Waals surface area (Å²) >= 11 is 0. The number of nitrogens with zero attached hydrogens (tertiary/aromatic N) is 3. The number of H-pyrrole nitrogens is 1. The first-order valence-electron chi connectivity index (χ1n) is 9.67. The van der Waals surface area contributed by atoms with Crippen molar-refractivity contribution in [3.05, 3.63) is 27.4 Å². The van der Waals surface area contributed by atoms with E-state index in [1.54, 1.807) is 11.8 Å². The van der Waals surface area contributed by atoms with Crippen LogP contribution < -0.4 is 5.56 Å². The molecule has 3 aliphatic rings. The van der Waals surface area contributed by atoms with Gasteiger partial charge in [-0.1, -0.05) is 12.8 Å². The largest absolute Gasteiger partial charge is 0.336 e. The van der Waals surface area contributed by atoms with Crippen molar-refractivity contribution in [2.75, 3.05) is 13.1 Å². The predicted molar refractivity (Wildman–Crippen MR) is 95.5 cm³/mol. The van der Waals surface area contributed by atoms with Gasteiger partial charge in [-0.15, -0.1) is 0 Å². The second-order valence-electron chi connectivity index (χ2n) is 7.72. The maximum absolute atomic E-state index is 12.6. The summed E-state index contributed by atoms with van der Waals surface area (Å²) in [5.74, 6) is -0.153. The molecule has 3 amide bonds. The van der Waals surface area contributed by atoms with Gasteiger partial charge in [-0.3, -0.25) is 24.1 Å². The third-order valence-corrected chi connectivity index (χ3v) is 6.03. The molecule has 2 aliphatic heterocycles. The number of hydrogen-bond acceptors (Lipinski definition) is 5. The number of carbonyl (C=O) groups excluding carboxylic acids is 3. The van der Waals surface area contributed by atoms with Crippen molar-refractivity contribution in [3.8, 4) is 0 Å². The average molecular weight is 372 g/mol. The van der Waals surface area contributed by atoms with Gasteiger partial charge in [-0.05, 0) is 26.2 Å². The summed E-state index contributed by atoms with van der Waals surface area (Å²) in [5, 5.41) is 0. The summed E-state index contributed by atoms with van der Waals surface area (Å²) in [6.07, 6.45) is 4.13. The lowest BCUT2D eigenvalue weighted by atomic mass is 9.81. The Labute approximate surface area is 156 Å². The lowest BCUT2D eigenvalue weighted by Gasteiger charge is -2.28. The van der Waals surface area contributed by atoms with Gasteiger partial charge in [0.15, 0.2) is 0 Å². The molecule has 1 N–H and O–H groups in total. The van der Waals surface area contributed by atoms with Crippen LogP contribution in [0.15, 0.2) is 4.79 Å². The van der Waals surface area contributed by atoms with Crippen molar-refractivity contribution >= 4 is 17.7 Å². The minimum Gasteiger partial charge on any atom is -0.336 e. The normalized spacial score (nSPS) is 24.8. The van der Waals surface area contributed by atoms with E-state index in [1.807, 2.05) is 0 Å². The molecule has 0 aromatic carbocycles. The van der Waals surface area contributed by atoms with Crippen LogP contribution in [-0.2, 0) is 27.3 Å². The number of carbonyl (C=O) groups is 3. The minimum atomic E-state index is -0.179. The van der Waals surface area contributed by atoms with Crippen LogP contribution in [0.3, 0.4) is 0 Å². The standard InChI is InChI=1S/C19H24N4O4/c1-11-20-15-10-22(8-6-14(15)17(25)21-11)16(24)7-9-23-18(26)12-4-2-3-5-13(12)19(23)27/h12-13H,2-10H2,1H3,(H,20,21,25)/t12-,13+. The zero-order valence-electron chi connectivity index (χ0n) is 15.5. The Morgan fingerprint density at radius 3 is 2.48 bits per heavy atom. The monoisotopic (exact) mass is 372 g/mol. The molecule has 0 unspecified atom stereocenters. The van der Waals surface area contributed by atoms with Gasteiger partial charge in [0.25, 0.3) is 5.56 Å². The van der Waals surface area contributed by atoms with E-state index in [9.17, 15) is 19.2 Å². The highest BCUT2D eigenvalue weighted by molar-refractivity contribution is 6.05. The topological polar surface area (TPSA) is 103 Å². The second-order valence-corrected chi connectivity index (χ2v) is 7.72. The van der Waals surface area contributed by atoms with Gasteiger partial charge < -0.3 is 9.88 Å². The van der Waals surface area contributed by atoms with Crippen molar-refractivity contribution in [1.29, 1.82) is 0 Å². The third kappa shape index (κ3) is 3.17. The smallest absolute Gasteiger partial charge is 0.254 e. The van der Waals surface area contributed by atoms with Crippen LogP contribution in [0.1, 0.15) is 49.2 Å². The van der Waals surface area contributed by atoms with Crippen LogP contribution in [0.2, 0.25) is 0 Å². The molecule has 2 atom stereocenters. The molecule has 1 saturated heterocycles. The van der Waals surface area contributed by atoms with Gasteiger partial charge in [0.2, 0.25) is 17.7 Å². The Morgan fingerprint density at radius 1 is 1.15 bits per heavy atom. The SMILES string of the molecule is Cc1nc2c(c(=O)[nH]1)CCN(C(=O)CCN1C(=O)[C@H]3CCCC[C@H]3C1=O)C2. The molecule has 27 heavy (non-hydrogen) atoms. The number of aryl methyl sites for hydroxylation is 1. The maximum Gasteiger partial charge on any atom is 0.254 e. The highest BCUT2D eigenvalue weighted by atomic mass is 16.2. The van der Waals surface area contributed by atoms with E-state index in [2.05, 4.69) is 9.97 Å². The first-order chi connectivity index (χ1) is 13.0. The van der Waals surface area contributed by atoms with Crippen molar-refractivity contribution in [2.24, 2.45) is 11.8 Å². The average Bonchev–Trinajstić information content (AvgIpc) is 2.90. The van der Waals surface area contributed by atoms with Crippen molar-refractivity contribution < 1.29 is 14.4 Å². The summed E-state index contributed by atoms with van der Waals surface area (Å²) in [6.45, 7) is 2.61. The molecule has 4 rings (SSSR count). The number of aromatic nitrogens is 2. The van der Waals surface area contributed by atoms with Gasteiger partial charge in [-0.2, -0.15) is 0 Å². The molecule has 1 saturated carbocycles. The molecule has 1 aromatic heterocycles. The Bertz CT molecular complexity index is 838. The molecular weight excluding hydrogens is 348 g/mol. The highest BCUT2D eigenvalue weighted by Crippen LogP contribution is 2.38. The third-order valence-electron chi connectivity index (χ3n) is 6.03. The zero-order valence-corrected chi connectivity index (χ0v) is 15.5. The van der Waals surface area contributed by atoms with E-state index in [0.717, 1.165) is 25.7 Å².